The highest BCUT2D eigenvalue weighted by molar-refractivity contribution is 5.28. The number of aromatic nitrogens is 2. The summed E-state index contributed by atoms with van der Waals surface area (Å²) in [7, 11) is 3.55. The van der Waals surface area contributed by atoms with Crippen LogP contribution in [0, 0.1) is 6.92 Å². The first-order chi connectivity index (χ1) is 9.24. The van der Waals surface area contributed by atoms with Gasteiger partial charge in [-0.05, 0) is 31.5 Å². The molecule has 1 aromatic carbocycles. The highest BCUT2D eigenvalue weighted by Gasteiger charge is 2.13. The van der Waals surface area contributed by atoms with Crippen LogP contribution in [0.2, 0.25) is 0 Å². The van der Waals surface area contributed by atoms with Crippen molar-refractivity contribution in [2.45, 2.75) is 19.4 Å². The molecule has 0 saturated heterocycles. The van der Waals surface area contributed by atoms with E-state index in [1.54, 1.807) is 7.11 Å². The maximum absolute atomic E-state index is 5.14. The SMILES string of the molecule is CNC(Cc1ccccc1C)c1cc(OC)ncn1. The number of hydrogen-bond acceptors (Lipinski definition) is 4. The Kier molecular flexibility index (Phi) is 4.47. The van der Waals surface area contributed by atoms with Gasteiger partial charge in [-0.2, -0.15) is 0 Å². The van der Waals surface area contributed by atoms with Crippen molar-refractivity contribution in [1.82, 2.24) is 15.3 Å². The van der Waals surface area contributed by atoms with Gasteiger partial charge in [-0.15, -0.1) is 0 Å². The lowest BCUT2D eigenvalue weighted by Crippen LogP contribution is -2.20. The van der Waals surface area contributed by atoms with Crippen LogP contribution < -0.4 is 10.1 Å². The lowest BCUT2D eigenvalue weighted by molar-refractivity contribution is 0.394. The molecule has 2 aromatic rings. The zero-order valence-corrected chi connectivity index (χ0v) is 11.6. The van der Waals surface area contributed by atoms with Crippen molar-refractivity contribution in [3.8, 4) is 5.88 Å². The lowest BCUT2D eigenvalue weighted by atomic mass is 9.99. The predicted octanol–water partition coefficient (Wildman–Crippen LogP) is 2.30. The molecule has 100 valence electrons. The van der Waals surface area contributed by atoms with Crippen LogP contribution in [0.4, 0.5) is 0 Å². The topological polar surface area (TPSA) is 47.0 Å². The first-order valence-corrected chi connectivity index (χ1v) is 6.32. The Morgan fingerprint density at radius 3 is 2.74 bits per heavy atom. The van der Waals surface area contributed by atoms with Gasteiger partial charge in [-0.3, -0.25) is 0 Å². The van der Waals surface area contributed by atoms with E-state index in [-0.39, 0.29) is 6.04 Å². The number of aryl methyl sites for hydroxylation is 1. The molecule has 0 radical (unpaired) electrons. The summed E-state index contributed by atoms with van der Waals surface area (Å²) in [4.78, 5) is 8.37. The van der Waals surface area contributed by atoms with Crippen molar-refractivity contribution in [3.63, 3.8) is 0 Å². The van der Waals surface area contributed by atoms with Crippen molar-refractivity contribution in [1.29, 1.82) is 0 Å². The van der Waals surface area contributed by atoms with Gasteiger partial charge in [0.05, 0.1) is 18.8 Å². The number of methoxy groups -OCH3 is 1. The molecule has 0 spiro atoms. The quantitative estimate of drug-likeness (QED) is 0.892. The third kappa shape index (κ3) is 3.29. The molecule has 4 heteroatoms. The Balaban J connectivity index is 2.22. The molecule has 1 heterocycles. The molecule has 2 rings (SSSR count). The van der Waals surface area contributed by atoms with E-state index < -0.39 is 0 Å². The van der Waals surface area contributed by atoms with Gasteiger partial charge in [0.25, 0.3) is 0 Å². The third-order valence-electron chi connectivity index (χ3n) is 3.26. The smallest absolute Gasteiger partial charge is 0.216 e. The predicted molar refractivity (Wildman–Crippen MR) is 75.3 cm³/mol. The molecule has 1 N–H and O–H groups in total. The van der Waals surface area contributed by atoms with E-state index in [1.807, 2.05) is 13.1 Å². The summed E-state index contributed by atoms with van der Waals surface area (Å²) in [5.74, 6) is 0.593. The highest BCUT2D eigenvalue weighted by Crippen LogP contribution is 2.20. The average molecular weight is 257 g/mol. The van der Waals surface area contributed by atoms with E-state index in [0.29, 0.717) is 5.88 Å². The first kappa shape index (κ1) is 13.5. The summed E-state index contributed by atoms with van der Waals surface area (Å²) in [6, 6.07) is 10.4. The van der Waals surface area contributed by atoms with Gasteiger partial charge in [-0.25, -0.2) is 9.97 Å². The molecule has 0 aliphatic heterocycles. The van der Waals surface area contributed by atoms with Gasteiger partial charge >= 0.3 is 0 Å². The van der Waals surface area contributed by atoms with Gasteiger partial charge < -0.3 is 10.1 Å². The highest BCUT2D eigenvalue weighted by atomic mass is 16.5. The molecule has 0 amide bonds. The normalized spacial score (nSPS) is 12.2. The van der Waals surface area contributed by atoms with Crippen LogP contribution in [0.5, 0.6) is 5.88 Å². The molecular formula is C15H19N3O. The Labute approximate surface area is 113 Å². The molecule has 0 aliphatic carbocycles. The fraction of sp³-hybridized carbons (Fsp3) is 0.333. The molecule has 0 saturated carbocycles. The number of benzene rings is 1. The summed E-state index contributed by atoms with van der Waals surface area (Å²) in [6.07, 6.45) is 2.43. The van der Waals surface area contributed by atoms with E-state index in [4.69, 9.17) is 4.74 Å². The van der Waals surface area contributed by atoms with E-state index >= 15 is 0 Å². The average Bonchev–Trinajstić information content (AvgIpc) is 2.46. The zero-order valence-electron chi connectivity index (χ0n) is 11.6. The van der Waals surface area contributed by atoms with Gasteiger partial charge in [-0.1, -0.05) is 24.3 Å². The molecule has 0 aliphatic rings. The van der Waals surface area contributed by atoms with Crippen molar-refractivity contribution < 1.29 is 4.74 Å². The molecular weight excluding hydrogens is 238 g/mol. The number of likely N-dealkylation sites (N-methyl/N-ethyl adjacent to an activating group) is 1. The van der Waals surface area contributed by atoms with E-state index in [2.05, 4.69) is 46.5 Å². The van der Waals surface area contributed by atoms with Gasteiger partial charge in [0.15, 0.2) is 0 Å². The molecule has 0 bridgehead atoms. The Morgan fingerprint density at radius 2 is 2.05 bits per heavy atom. The fourth-order valence-electron chi connectivity index (χ4n) is 2.07. The van der Waals surface area contributed by atoms with Gasteiger partial charge in [0, 0.05) is 6.07 Å². The number of nitrogens with one attached hydrogen (secondary N) is 1. The summed E-state index contributed by atoms with van der Waals surface area (Å²) in [5, 5.41) is 3.30. The second kappa shape index (κ2) is 6.29. The number of rotatable bonds is 5. The maximum Gasteiger partial charge on any atom is 0.216 e. The largest absolute Gasteiger partial charge is 0.481 e. The summed E-state index contributed by atoms with van der Waals surface area (Å²) < 4.78 is 5.14. The first-order valence-electron chi connectivity index (χ1n) is 6.32. The molecule has 1 atom stereocenters. The Bertz CT molecular complexity index is 542. The fourth-order valence-corrected chi connectivity index (χ4v) is 2.07. The van der Waals surface area contributed by atoms with Crippen molar-refractivity contribution in [2.75, 3.05) is 14.2 Å². The second-order valence-corrected chi connectivity index (χ2v) is 4.46. The van der Waals surface area contributed by atoms with E-state index in [1.165, 1.54) is 17.5 Å². The summed E-state index contributed by atoms with van der Waals surface area (Å²) in [6.45, 7) is 2.13. The molecule has 1 unspecified atom stereocenters. The number of hydrogen-bond donors (Lipinski definition) is 1. The standard InChI is InChI=1S/C15H19N3O/c1-11-6-4-5-7-12(11)8-13(16-2)14-9-15(19-3)18-10-17-14/h4-7,9-10,13,16H,8H2,1-3H3. The summed E-state index contributed by atoms with van der Waals surface area (Å²) >= 11 is 0. The second-order valence-electron chi connectivity index (χ2n) is 4.46. The third-order valence-corrected chi connectivity index (χ3v) is 3.26. The minimum Gasteiger partial charge on any atom is -0.481 e. The van der Waals surface area contributed by atoms with Gasteiger partial charge in [0.2, 0.25) is 5.88 Å². The Hall–Kier alpha value is -1.94. The van der Waals surface area contributed by atoms with E-state index in [0.717, 1.165) is 12.1 Å². The van der Waals surface area contributed by atoms with Crippen molar-refractivity contribution in [3.05, 3.63) is 53.5 Å². The number of nitrogens with zero attached hydrogens (tertiary/aromatic N) is 2. The van der Waals surface area contributed by atoms with Gasteiger partial charge in [0.1, 0.15) is 6.33 Å². The maximum atomic E-state index is 5.14. The van der Waals surface area contributed by atoms with Crippen LogP contribution in [0.1, 0.15) is 22.9 Å². The lowest BCUT2D eigenvalue weighted by Gasteiger charge is -2.17. The summed E-state index contributed by atoms with van der Waals surface area (Å²) in [5.41, 5.74) is 3.56. The number of ether oxygens (including phenoxy) is 1. The minimum atomic E-state index is 0.151. The van der Waals surface area contributed by atoms with E-state index in [9.17, 15) is 0 Å². The van der Waals surface area contributed by atoms with Crippen molar-refractivity contribution >= 4 is 0 Å². The van der Waals surface area contributed by atoms with Crippen LogP contribution in [0.15, 0.2) is 36.7 Å². The Morgan fingerprint density at radius 1 is 1.26 bits per heavy atom. The van der Waals surface area contributed by atoms with Crippen LogP contribution in [-0.2, 0) is 6.42 Å². The molecule has 19 heavy (non-hydrogen) atoms. The molecule has 4 nitrogen and oxygen atoms in total. The zero-order chi connectivity index (χ0) is 13.7. The van der Waals surface area contributed by atoms with Crippen molar-refractivity contribution in [2.24, 2.45) is 0 Å². The monoisotopic (exact) mass is 257 g/mol. The van der Waals surface area contributed by atoms with Crippen LogP contribution in [0.3, 0.4) is 0 Å². The molecule has 0 fully saturated rings. The molecule has 1 aromatic heterocycles. The van der Waals surface area contributed by atoms with Crippen LogP contribution >= 0.6 is 0 Å². The van der Waals surface area contributed by atoms with Crippen LogP contribution in [-0.4, -0.2) is 24.1 Å². The minimum absolute atomic E-state index is 0.151. The van der Waals surface area contributed by atoms with Crippen LogP contribution in [0.25, 0.3) is 0 Å².